The van der Waals surface area contributed by atoms with Crippen LogP contribution in [0.3, 0.4) is 0 Å². The van der Waals surface area contributed by atoms with E-state index in [0.29, 0.717) is 16.6 Å². The minimum Gasteiger partial charge on any atom is -0.450 e. The Balaban J connectivity index is 2.49. The van der Waals surface area contributed by atoms with Crippen LogP contribution in [0.1, 0.15) is 26.2 Å². The summed E-state index contributed by atoms with van der Waals surface area (Å²) < 4.78 is 5.29. The number of rotatable bonds is 8. The first-order valence-electron chi connectivity index (χ1n) is 6.53. The first-order valence-corrected chi connectivity index (χ1v) is 7.32. The molecule has 0 fully saturated rings. The van der Waals surface area contributed by atoms with Crippen LogP contribution in [-0.2, 0) is 4.74 Å². The van der Waals surface area contributed by atoms with Crippen LogP contribution in [0.4, 0.5) is 16.2 Å². The third kappa shape index (κ3) is 5.99. The van der Waals surface area contributed by atoms with E-state index in [-0.39, 0.29) is 18.3 Å². The minimum absolute atomic E-state index is 0.0355. The minimum atomic E-state index is -0.773. The number of hydrogen-bond acceptors (Lipinski definition) is 5. The number of anilines is 1. The molecule has 0 saturated carbocycles. The maximum Gasteiger partial charge on any atom is 0.404 e. The Morgan fingerprint density at radius 3 is 2.86 bits per heavy atom. The van der Waals surface area contributed by atoms with Crippen molar-refractivity contribution in [3.8, 4) is 0 Å². The predicted molar refractivity (Wildman–Crippen MR) is 83.3 cm³/mol. The molecule has 1 rings (SSSR count). The number of nitrogens with zero attached hydrogens (tertiary/aromatic N) is 1. The summed E-state index contributed by atoms with van der Waals surface area (Å²) >= 11 is 3.31. The standard InChI is InChI=1S/C13H18BrN3O4/c1-9(5-2-3-8-21-13(15)18)16-12-10(14)6-4-7-11(12)17(19)20/h4,6-7,9,16H,2-3,5,8H2,1H3,(H2,15,18)/t9-/m0/s1. The highest BCUT2D eigenvalue weighted by Gasteiger charge is 2.17. The van der Waals surface area contributed by atoms with Crippen LogP contribution >= 0.6 is 15.9 Å². The van der Waals surface area contributed by atoms with Gasteiger partial charge in [0.25, 0.3) is 5.69 Å². The van der Waals surface area contributed by atoms with E-state index in [1.54, 1.807) is 12.1 Å². The van der Waals surface area contributed by atoms with Gasteiger partial charge in [-0.25, -0.2) is 4.79 Å². The van der Waals surface area contributed by atoms with Crippen molar-refractivity contribution in [2.45, 2.75) is 32.2 Å². The van der Waals surface area contributed by atoms with Gasteiger partial charge in [0.2, 0.25) is 0 Å². The molecule has 0 heterocycles. The molecular weight excluding hydrogens is 342 g/mol. The zero-order chi connectivity index (χ0) is 15.8. The number of nitro groups is 1. The first kappa shape index (κ1) is 17.2. The number of benzene rings is 1. The Bertz CT molecular complexity index is 510. The van der Waals surface area contributed by atoms with Crippen LogP contribution in [0.5, 0.6) is 0 Å². The molecule has 0 aliphatic heterocycles. The quantitative estimate of drug-likeness (QED) is 0.420. The molecule has 1 amide bonds. The van der Waals surface area contributed by atoms with E-state index >= 15 is 0 Å². The number of hydrogen-bond donors (Lipinski definition) is 2. The molecule has 7 nitrogen and oxygen atoms in total. The highest BCUT2D eigenvalue weighted by Crippen LogP contribution is 2.33. The summed E-state index contributed by atoms with van der Waals surface area (Å²) in [4.78, 5) is 21.0. The molecule has 0 bridgehead atoms. The largest absolute Gasteiger partial charge is 0.450 e. The fraction of sp³-hybridized carbons (Fsp3) is 0.462. The molecule has 0 aromatic heterocycles. The van der Waals surface area contributed by atoms with Gasteiger partial charge >= 0.3 is 6.09 Å². The van der Waals surface area contributed by atoms with Gasteiger partial charge in [-0.2, -0.15) is 0 Å². The van der Waals surface area contributed by atoms with Gasteiger partial charge in [0.05, 0.1) is 11.5 Å². The molecule has 0 radical (unpaired) electrons. The molecule has 1 atom stereocenters. The SMILES string of the molecule is C[C@@H](CCCCOC(N)=O)Nc1c(Br)cccc1[N+](=O)[O-]. The number of carbonyl (C=O) groups excluding carboxylic acids is 1. The van der Waals surface area contributed by atoms with E-state index in [0.717, 1.165) is 12.8 Å². The number of unbranched alkanes of at least 4 members (excludes halogenated alkanes) is 1. The van der Waals surface area contributed by atoms with Crippen LogP contribution in [0.2, 0.25) is 0 Å². The summed E-state index contributed by atoms with van der Waals surface area (Å²) in [7, 11) is 0. The van der Waals surface area contributed by atoms with Gasteiger partial charge < -0.3 is 15.8 Å². The van der Waals surface area contributed by atoms with Gasteiger partial charge in [-0.05, 0) is 48.2 Å². The van der Waals surface area contributed by atoms with E-state index in [2.05, 4.69) is 26.0 Å². The van der Waals surface area contributed by atoms with Gasteiger partial charge in [0, 0.05) is 16.6 Å². The van der Waals surface area contributed by atoms with Crippen molar-refractivity contribution < 1.29 is 14.5 Å². The van der Waals surface area contributed by atoms with E-state index in [9.17, 15) is 14.9 Å². The third-order valence-electron chi connectivity index (χ3n) is 2.85. The number of nitrogens with two attached hydrogens (primary N) is 1. The Morgan fingerprint density at radius 1 is 1.52 bits per heavy atom. The van der Waals surface area contributed by atoms with Gasteiger partial charge in [0.15, 0.2) is 0 Å². The van der Waals surface area contributed by atoms with Crippen LogP contribution in [0, 0.1) is 10.1 Å². The average Bonchev–Trinajstić information content (AvgIpc) is 2.40. The fourth-order valence-corrected chi connectivity index (χ4v) is 2.32. The van der Waals surface area contributed by atoms with Crippen molar-refractivity contribution in [3.63, 3.8) is 0 Å². The van der Waals surface area contributed by atoms with Crippen molar-refractivity contribution in [1.82, 2.24) is 0 Å². The molecule has 21 heavy (non-hydrogen) atoms. The number of primary amides is 1. The second kappa shape index (κ2) is 8.46. The highest BCUT2D eigenvalue weighted by atomic mass is 79.9. The summed E-state index contributed by atoms with van der Waals surface area (Å²) in [6.45, 7) is 2.23. The molecule has 0 aliphatic carbocycles. The monoisotopic (exact) mass is 359 g/mol. The average molecular weight is 360 g/mol. The lowest BCUT2D eigenvalue weighted by atomic mass is 10.1. The molecule has 116 valence electrons. The number of carbonyl (C=O) groups is 1. The number of nitro benzene ring substituents is 1. The Hall–Kier alpha value is -1.83. The van der Waals surface area contributed by atoms with E-state index < -0.39 is 11.0 Å². The van der Waals surface area contributed by atoms with Gasteiger partial charge in [-0.15, -0.1) is 0 Å². The summed E-state index contributed by atoms with van der Waals surface area (Å²) in [6, 6.07) is 4.89. The molecule has 0 spiro atoms. The summed E-state index contributed by atoms with van der Waals surface area (Å²) in [5, 5.41) is 14.1. The molecule has 3 N–H and O–H groups in total. The normalized spacial score (nSPS) is 11.7. The van der Waals surface area contributed by atoms with Gasteiger partial charge in [0.1, 0.15) is 5.69 Å². The second-order valence-corrected chi connectivity index (χ2v) is 5.45. The molecule has 1 aromatic carbocycles. The van der Waals surface area contributed by atoms with Crippen LogP contribution in [0.15, 0.2) is 22.7 Å². The molecule has 0 aliphatic rings. The molecule has 8 heteroatoms. The van der Waals surface area contributed by atoms with Gasteiger partial charge in [-0.1, -0.05) is 6.07 Å². The lowest BCUT2D eigenvalue weighted by Crippen LogP contribution is -2.17. The molecule has 0 unspecified atom stereocenters. The summed E-state index contributed by atoms with van der Waals surface area (Å²) in [6.07, 6.45) is 1.54. The zero-order valence-electron chi connectivity index (χ0n) is 11.7. The third-order valence-corrected chi connectivity index (χ3v) is 3.52. The van der Waals surface area contributed by atoms with E-state index in [4.69, 9.17) is 5.73 Å². The summed E-state index contributed by atoms with van der Waals surface area (Å²) in [5.74, 6) is 0. The number of nitrogens with one attached hydrogen (secondary N) is 1. The Labute approximate surface area is 131 Å². The topological polar surface area (TPSA) is 107 Å². The van der Waals surface area contributed by atoms with Crippen LogP contribution in [0.25, 0.3) is 0 Å². The number of para-hydroxylation sites is 1. The van der Waals surface area contributed by atoms with Gasteiger partial charge in [-0.3, -0.25) is 10.1 Å². The molecule has 1 aromatic rings. The number of amides is 1. The second-order valence-electron chi connectivity index (χ2n) is 4.60. The van der Waals surface area contributed by atoms with Crippen molar-refractivity contribution in [2.75, 3.05) is 11.9 Å². The summed E-state index contributed by atoms with van der Waals surface area (Å²) in [5.41, 5.74) is 5.37. The van der Waals surface area contributed by atoms with E-state index in [1.807, 2.05) is 6.92 Å². The zero-order valence-corrected chi connectivity index (χ0v) is 13.3. The lowest BCUT2D eigenvalue weighted by molar-refractivity contribution is -0.384. The predicted octanol–water partition coefficient (Wildman–Crippen LogP) is 3.42. The molecule has 0 saturated heterocycles. The van der Waals surface area contributed by atoms with E-state index in [1.165, 1.54) is 6.07 Å². The van der Waals surface area contributed by atoms with Crippen LogP contribution < -0.4 is 11.1 Å². The number of ether oxygens (including phenoxy) is 1. The fourth-order valence-electron chi connectivity index (χ4n) is 1.85. The lowest BCUT2D eigenvalue weighted by Gasteiger charge is -2.16. The van der Waals surface area contributed by atoms with Crippen molar-refractivity contribution in [3.05, 3.63) is 32.8 Å². The number of halogens is 1. The van der Waals surface area contributed by atoms with Crippen molar-refractivity contribution in [1.29, 1.82) is 0 Å². The maximum atomic E-state index is 11.0. The van der Waals surface area contributed by atoms with Crippen molar-refractivity contribution >= 4 is 33.4 Å². The van der Waals surface area contributed by atoms with Crippen molar-refractivity contribution in [2.24, 2.45) is 5.73 Å². The highest BCUT2D eigenvalue weighted by molar-refractivity contribution is 9.10. The maximum absolute atomic E-state index is 11.0. The Morgan fingerprint density at radius 2 is 2.24 bits per heavy atom. The smallest absolute Gasteiger partial charge is 0.404 e. The Kier molecular flexibility index (Phi) is 6.93. The first-order chi connectivity index (χ1) is 9.91. The molecular formula is C13H18BrN3O4. The van der Waals surface area contributed by atoms with Crippen LogP contribution in [-0.4, -0.2) is 23.7 Å².